The number of rotatable bonds is 17. The van der Waals surface area contributed by atoms with Crippen molar-refractivity contribution in [2.24, 2.45) is 17.8 Å². The van der Waals surface area contributed by atoms with Crippen molar-refractivity contribution in [3.8, 4) is 0 Å². The first-order valence-electron chi connectivity index (χ1n) is 20.9. The molecule has 0 unspecified atom stereocenters. The maximum absolute atomic E-state index is 5.94. The van der Waals surface area contributed by atoms with Gasteiger partial charge in [0.15, 0.2) is 0 Å². The van der Waals surface area contributed by atoms with Crippen LogP contribution in [-0.2, 0) is 18.3 Å². The molecule has 0 spiro atoms. The van der Waals surface area contributed by atoms with Crippen LogP contribution in [0, 0.1) is 17.8 Å². The molecule has 2 aliphatic rings. The molecule has 2 saturated carbocycles. The van der Waals surface area contributed by atoms with Gasteiger partial charge in [0.05, 0.1) is 0 Å². The SMILES string of the molecule is CCCCCCCCCC1CCC(CCC2CCC(c3ccc(Cc4ccc(N)cc4)cc3)(c3ccc(Cc4ccc(N)cc4)cc3)CC2)CC1. The second-order valence-corrected chi connectivity index (χ2v) is 16.6. The first-order chi connectivity index (χ1) is 25.0. The maximum atomic E-state index is 5.94. The predicted octanol–water partition coefficient (Wildman–Crippen LogP) is 13.2. The van der Waals surface area contributed by atoms with Gasteiger partial charge in [-0.15, -0.1) is 0 Å². The van der Waals surface area contributed by atoms with Crippen LogP contribution in [0.5, 0.6) is 0 Å². The van der Waals surface area contributed by atoms with Crippen LogP contribution < -0.4 is 11.5 Å². The molecule has 51 heavy (non-hydrogen) atoms. The van der Waals surface area contributed by atoms with Crippen molar-refractivity contribution < 1.29 is 0 Å². The summed E-state index contributed by atoms with van der Waals surface area (Å²) in [6.45, 7) is 2.31. The van der Waals surface area contributed by atoms with Gasteiger partial charge in [-0.2, -0.15) is 0 Å². The molecule has 0 aliphatic heterocycles. The first kappa shape index (κ1) is 37.2. The summed E-state index contributed by atoms with van der Waals surface area (Å²) in [7, 11) is 0. The van der Waals surface area contributed by atoms with Gasteiger partial charge in [-0.05, 0) is 114 Å². The third-order valence-corrected chi connectivity index (χ3v) is 12.9. The third-order valence-electron chi connectivity index (χ3n) is 12.9. The van der Waals surface area contributed by atoms with Gasteiger partial charge >= 0.3 is 0 Å². The molecule has 2 aliphatic carbocycles. The lowest BCUT2D eigenvalue weighted by molar-refractivity contribution is 0.208. The van der Waals surface area contributed by atoms with Crippen LogP contribution in [0.1, 0.15) is 156 Å². The van der Waals surface area contributed by atoms with Crippen LogP contribution in [0.2, 0.25) is 0 Å². The molecule has 0 atom stereocenters. The maximum Gasteiger partial charge on any atom is 0.0314 e. The highest BCUT2D eigenvalue weighted by Gasteiger charge is 2.38. The van der Waals surface area contributed by atoms with E-state index in [0.29, 0.717) is 0 Å². The van der Waals surface area contributed by atoms with Crippen molar-refractivity contribution >= 4 is 11.4 Å². The predicted molar refractivity (Wildman–Crippen MR) is 220 cm³/mol. The molecule has 2 fully saturated rings. The number of unbranched alkanes of at least 4 members (excludes halogenated alkanes) is 6. The van der Waals surface area contributed by atoms with Crippen molar-refractivity contribution in [1.29, 1.82) is 0 Å². The molecule has 0 radical (unpaired) electrons. The summed E-state index contributed by atoms with van der Waals surface area (Å²) >= 11 is 0. The molecule has 4 aromatic carbocycles. The second-order valence-electron chi connectivity index (χ2n) is 16.6. The lowest BCUT2D eigenvalue weighted by atomic mass is 9.62. The van der Waals surface area contributed by atoms with Crippen molar-refractivity contribution in [2.75, 3.05) is 11.5 Å². The van der Waals surface area contributed by atoms with E-state index in [1.807, 2.05) is 24.3 Å². The molecule has 0 bridgehead atoms. The zero-order chi connectivity index (χ0) is 35.3. The molecule has 0 heterocycles. The highest BCUT2D eigenvalue weighted by atomic mass is 14.5. The van der Waals surface area contributed by atoms with E-state index >= 15 is 0 Å². The molecule has 4 aromatic rings. The minimum atomic E-state index is 0.0873. The average molecular weight is 683 g/mol. The molecule has 272 valence electrons. The number of nitrogens with two attached hydrogens (primary N) is 2. The minimum absolute atomic E-state index is 0.0873. The zero-order valence-corrected chi connectivity index (χ0v) is 31.8. The molecular formula is C49H66N2. The van der Waals surface area contributed by atoms with E-state index in [-0.39, 0.29) is 5.41 Å². The third kappa shape index (κ3) is 10.8. The summed E-state index contributed by atoms with van der Waals surface area (Å²) in [6, 6.07) is 35.9. The lowest BCUT2D eigenvalue weighted by Crippen LogP contribution is -2.33. The summed E-state index contributed by atoms with van der Waals surface area (Å²) in [5, 5.41) is 0. The second kappa shape index (κ2) is 18.8. The van der Waals surface area contributed by atoms with Crippen LogP contribution in [-0.4, -0.2) is 0 Å². The van der Waals surface area contributed by atoms with Gasteiger partial charge in [-0.3, -0.25) is 0 Å². The van der Waals surface area contributed by atoms with Crippen molar-refractivity contribution in [3.05, 3.63) is 130 Å². The van der Waals surface area contributed by atoms with Gasteiger partial charge < -0.3 is 11.5 Å². The van der Waals surface area contributed by atoms with Gasteiger partial charge in [0.2, 0.25) is 0 Å². The standard InChI is InChI=1S/C49H66N2/c1-2-3-4-5-6-7-8-9-38-10-12-39(13-11-38)14-15-40-32-34-49(35-33-40,45-24-16-41(17-25-45)36-43-20-28-47(50)29-21-43)46-26-18-42(19-27-46)37-44-22-30-48(51)31-23-44/h16-31,38-40H,2-15,32-37,50-51H2,1H3. The molecular weight excluding hydrogens is 617 g/mol. The highest BCUT2D eigenvalue weighted by Crippen LogP contribution is 2.48. The fourth-order valence-corrected chi connectivity index (χ4v) is 9.50. The van der Waals surface area contributed by atoms with E-state index < -0.39 is 0 Å². The highest BCUT2D eigenvalue weighted by molar-refractivity contribution is 5.45. The Hall–Kier alpha value is -3.52. The van der Waals surface area contributed by atoms with Crippen molar-refractivity contribution in [1.82, 2.24) is 0 Å². The van der Waals surface area contributed by atoms with E-state index in [1.165, 1.54) is 149 Å². The average Bonchev–Trinajstić information content (AvgIpc) is 3.17. The Bertz CT molecular complexity index is 1460. The van der Waals surface area contributed by atoms with Gasteiger partial charge in [0, 0.05) is 16.8 Å². The van der Waals surface area contributed by atoms with Crippen LogP contribution in [0.15, 0.2) is 97.1 Å². The van der Waals surface area contributed by atoms with Crippen LogP contribution in [0.3, 0.4) is 0 Å². The molecule has 2 heteroatoms. The monoisotopic (exact) mass is 683 g/mol. The fraction of sp³-hybridized carbons (Fsp3) is 0.510. The largest absolute Gasteiger partial charge is 0.399 e. The fourth-order valence-electron chi connectivity index (χ4n) is 9.50. The molecule has 0 saturated heterocycles. The van der Waals surface area contributed by atoms with Crippen LogP contribution in [0.25, 0.3) is 0 Å². The van der Waals surface area contributed by atoms with Crippen molar-refractivity contribution in [2.45, 2.75) is 141 Å². The number of nitrogen functional groups attached to an aromatic ring is 2. The quantitative estimate of drug-likeness (QED) is 0.0860. The Kier molecular flexibility index (Phi) is 13.7. The number of anilines is 2. The first-order valence-corrected chi connectivity index (χ1v) is 20.9. The summed E-state index contributed by atoms with van der Waals surface area (Å²) in [5.41, 5.74) is 22.0. The number of hydrogen-bond acceptors (Lipinski definition) is 2. The molecule has 0 amide bonds. The lowest BCUT2D eigenvalue weighted by Gasteiger charge is -2.42. The smallest absolute Gasteiger partial charge is 0.0314 e. The Morgan fingerprint density at radius 1 is 0.431 bits per heavy atom. The van der Waals surface area contributed by atoms with Crippen LogP contribution >= 0.6 is 0 Å². The summed E-state index contributed by atoms with van der Waals surface area (Å²) < 4.78 is 0. The van der Waals surface area contributed by atoms with Gasteiger partial charge in [-0.1, -0.05) is 170 Å². The minimum Gasteiger partial charge on any atom is -0.399 e. The summed E-state index contributed by atoms with van der Waals surface area (Å²) in [5.74, 6) is 2.87. The van der Waals surface area contributed by atoms with Gasteiger partial charge in [0.25, 0.3) is 0 Å². The Balaban J connectivity index is 1.05. The van der Waals surface area contributed by atoms with Gasteiger partial charge in [0.1, 0.15) is 0 Å². The Labute approximate surface area is 310 Å². The topological polar surface area (TPSA) is 52.0 Å². The van der Waals surface area contributed by atoms with Crippen LogP contribution in [0.4, 0.5) is 11.4 Å². The molecule has 2 nitrogen and oxygen atoms in total. The van der Waals surface area contributed by atoms with E-state index in [1.54, 1.807) is 0 Å². The Morgan fingerprint density at radius 2 is 0.784 bits per heavy atom. The summed E-state index contributed by atoms with van der Waals surface area (Å²) in [6.07, 6.45) is 27.5. The molecule has 4 N–H and O–H groups in total. The number of hydrogen-bond donors (Lipinski definition) is 2. The summed E-state index contributed by atoms with van der Waals surface area (Å²) in [4.78, 5) is 0. The normalized spacial score (nSPS) is 19.2. The van der Waals surface area contributed by atoms with Crippen molar-refractivity contribution in [3.63, 3.8) is 0 Å². The van der Waals surface area contributed by atoms with E-state index in [0.717, 1.165) is 42.0 Å². The van der Waals surface area contributed by atoms with E-state index in [9.17, 15) is 0 Å². The molecule has 6 rings (SSSR count). The molecule has 0 aromatic heterocycles. The number of benzene rings is 4. The Morgan fingerprint density at radius 3 is 1.22 bits per heavy atom. The zero-order valence-electron chi connectivity index (χ0n) is 31.8. The van der Waals surface area contributed by atoms with E-state index in [2.05, 4.69) is 79.7 Å². The van der Waals surface area contributed by atoms with Gasteiger partial charge in [-0.25, -0.2) is 0 Å². The van der Waals surface area contributed by atoms with E-state index in [4.69, 9.17) is 11.5 Å².